The third-order valence-corrected chi connectivity index (χ3v) is 2.16. The van der Waals surface area contributed by atoms with Gasteiger partial charge in [-0.3, -0.25) is 4.79 Å². The third-order valence-electron chi connectivity index (χ3n) is 1.29. The molecule has 3 nitrogen and oxygen atoms in total. The van der Waals surface area contributed by atoms with Crippen LogP contribution in [0.4, 0.5) is 0 Å². The molecule has 0 bridgehead atoms. The molecular formula is C5H8BrNO2. The Kier molecular flexibility index (Phi) is 2.08. The average Bonchev–Trinajstić information content (AvgIpc) is 1.80. The minimum absolute atomic E-state index is 0.110. The Bertz CT molecular complexity index is 128. The van der Waals surface area contributed by atoms with Crippen LogP contribution >= 0.6 is 15.9 Å². The van der Waals surface area contributed by atoms with Crippen LogP contribution in [0.2, 0.25) is 0 Å². The zero-order valence-electron chi connectivity index (χ0n) is 4.80. The molecule has 1 heterocycles. The average molecular weight is 194 g/mol. The normalized spacial score (nSPS) is 36.0. The summed E-state index contributed by atoms with van der Waals surface area (Å²) in [6.07, 6.45) is 0.723. The summed E-state index contributed by atoms with van der Waals surface area (Å²) in [5.41, 5.74) is 0. The van der Waals surface area contributed by atoms with E-state index in [-0.39, 0.29) is 10.7 Å². The van der Waals surface area contributed by atoms with Gasteiger partial charge in [0.05, 0.1) is 4.83 Å². The number of rotatable bonds is 0. The second-order valence-corrected chi connectivity index (χ2v) is 3.17. The van der Waals surface area contributed by atoms with Gasteiger partial charge in [0.1, 0.15) is 6.23 Å². The number of aliphatic hydroxyl groups is 1. The molecule has 0 aromatic rings. The highest BCUT2D eigenvalue weighted by Gasteiger charge is 2.23. The van der Waals surface area contributed by atoms with E-state index in [1.807, 2.05) is 0 Å². The van der Waals surface area contributed by atoms with Crippen molar-refractivity contribution in [1.82, 2.24) is 5.32 Å². The maximum absolute atomic E-state index is 10.7. The molecule has 9 heavy (non-hydrogen) atoms. The lowest BCUT2D eigenvalue weighted by molar-refractivity contribution is -0.125. The van der Waals surface area contributed by atoms with Gasteiger partial charge in [0.15, 0.2) is 0 Å². The Morgan fingerprint density at radius 2 is 2.33 bits per heavy atom. The fourth-order valence-corrected chi connectivity index (χ4v) is 1.16. The molecule has 2 N–H and O–H groups in total. The quantitative estimate of drug-likeness (QED) is 0.532. The Hall–Kier alpha value is -0.0900. The first-order valence-corrected chi connectivity index (χ1v) is 3.74. The van der Waals surface area contributed by atoms with Crippen molar-refractivity contribution < 1.29 is 9.90 Å². The molecule has 1 aliphatic rings. The van der Waals surface area contributed by atoms with Crippen LogP contribution in [0.15, 0.2) is 0 Å². The molecule has 0 radical (unpaired) electrons. The summed E-state index contributed by atoms with van der Waals surface area (Å²) in [4.78, 5) is 10.6. The van der Waals surface area contributed by atoms with Gasteiger partial charge in [-0.25, -0.2) is 0 Å². The van der Waals surface area contributed by atoms with E-state index in [4.69, 9.17) is 5.11 Å². The SMILES string of the molecule is O=C1NC(O)CCC1Br. The lowest BCUT2D eigenvalue weighted by atomic mass is 10.1. The van der Waals surface area contributed by atoms with Gasteiger partial charge in [-0.2, -0.15) is 0 Å². The Morgan fingerprint density at radius 3 is 2.78 bits per heavy atom. The largest absolute Gasteiger partial charge is 0.374 e. The van der Waals surface area contributed by atoms with Gasteiger partial charge in [-0.05, 0) is 12.8 Å². The molecular weight excluding hydrogens is 186 g/mol. The van der Waals surface area contributed by atoms with Crippen LogP contribution in [0.25, 0.3) is 0 Å². The third kappa shape index (κ3) is 1.66. The number of carbonyl (C=O) groups is 1. The predicted octanol–water partition coefficient (Wildman–Crippen LogP) is -0.0217. The van der Waals surface area contributed by atoms with Gasteiger partial charge in [0.2, 0.25) is 5.91 Å². The van der Waals surface area contributed by atoms with Crippen molar-refractivity contribution in [3.05, 3.63) is 0 Å². The fourth-order valence-electron chi connectivity index (χ4n) is 0.762. The number of hydrogen-bond acceptors (Lipinski definition) is 2. The van der Waals surface area contributed by atoms with Gasteiger partial charge in [-0.15, -0.1) is 0 Å². The number of carbonyl (C=O) groups excluding carboxylic acids is 1. The van der Waals surface area contributed by atoms with E-state index in [0.29, 0.717) is 12.8 Å². The first-order chi connectivity index (χ1) is 4.20. The molecule has 1 saturated heterocycles. The first kappa shape index (κ1) is 7.02. The fraction of sp³-hybridized carbons (Fsp3) is 0.800. The number of aliphatic hydroxyl groups excluding tert-OH is 1. The number of halogens is 1. The number of nitrogens with one attached hydrogen (secondary N) is 1. The summed E-state index contributed by atoms with van der Waals surface area (Å²) in [7, 11) is 0. The van der Waals surface area contributed by atoms with Crippen molar-refractivity contribution in [2.45, 2.75) is 23.9 Å². The predicted molar refractivity (Wildman–Crippen MR) is 36.1 cm³/mol. The maximum Gasteiger partial charge on any atom is 0.235 e. The molecule has 0 spiro atoms. The van der Waals surface area contributed by atoms with Crippen molar-refractivity contribution in [1.29, 1.82) is 0 Å². The molecule has 1 fully saturated rings. The van der Waals surface area contributed by atoms with E-state index in [9.17, 15) is 4.79 Å². The minimum Gasteiger partial charge on any atom is -0.374 e. The van der Waals surface area contributed by atoms with Crippen molar-refractivity contribution in [2.75, 3.05) is 0 Å². The van der Waals surface area contributed by atoms with E-state index in [1.165, 1.54) is 0 Å². The van der Waals surface area contributed by atoms with Crippen LogP contribution in [0, 0.1) is 0 Å². The number of piperidine rings is 1. The smallest absolute Gasteiger partial charge is 0.235 e. The molecule has 4 heteroatoms. The van der Waals surface area contributed by atoms with Gasteiger partial charge in [-0.1, -0.05) is 15.9 Å². The van der Waals surface area contributed by atoms with E-state index in [1.54, 1.807) is 0 Å². The molecule has 0 aromatic carbocycles. The highest BCUT2D eigenvalue weighted by atomic mass is 79.9. The summed E-state index contributed by atoms with van der Waals surface area (Å²) in [6, 6.07) is 0. The highest BCUT2D eigenvalue weighted by Crippen LogP contribution is 2.14. The molecule has 0 aromatic heterocycles. The molecule has 1 rings (SSSR count). The van der Waals surface area contributed by atoms with Crippen LogP contribution in [0.3, 0.4) is 0 Å². The maximum atomic E-state index is 10.7. The molecule has 1 aliphatic heterocycles. The van der Waals surface area contributed by atoms with Crippen LogP contribution in [-0.2, 0) is 4.79 Å². The second-order valence-electron chi connectivity index (χ2n) is 2.07. The van der Waals surface area contributed by atoms with Gasteiger partial charge in [0, 0.05) is 0 Å². The summed E-state index contributed by atoms with van der Waals surface area (Å²) >= 11 is 3.16. The zero-order chi connectivity index (χ0) is 6.85. The summed E-state index contributed by atoms with van der Waals surface area (Å²) in [5, 5.41) is 11.2. The van der Waals surface area contributed by atoms with E-state index >= 15 is 0 Å². The number of alkyl halides is 1. The molecule has 2 unspecified atom stereocenters. The molecule has 1 amide bonds. The first-order valence-electron chi connectivity index (χ1n) is 2.82. The summed E-state index contributed by atoms with van der Waals surface area (Å²) in [6.45, 7) is 0. The Morgan fingerprint density at radius 1 is 1.67 bits per heavy atom. The molecule has 52 valence electrons. The van der Waals surface area contributed by atoms with E-state index < -0.39 is 6.23 Å². The lowest BCUT2D eigenvalue weighted by Crippen LogP contribution is -2.44. The van der Waals surface area contributed by atoms with Crippen LogP contribution in [0.1, 0.15) is 12.8 Å². The van der Waals surface area contributed by atoms with Crippen molar-refractivity contribution in [3.8, 4) is 0 Å². The molecule has 0 aliphatic carbocycles. The van der Waals surface area contributed by atoms with Gasteiger partial charge in [0.25, 0.3) is 0 Å². The van der Waals surface area contributed by atoms with E-state index in [2.05, 4.69) is 21.2 Å². The van der Waals surface area contributed by atoms with E-state index in [0.717, 1.165) is 0 Å². The Balaban J connectivity index is 2.44. The van der Waals surface area contributed by atoms with Crippen LogP contribution in [-0.4, -0.2) is 22.1 Å². The van der Waals surface area contributed by atoms with Gasteiger partial charge >= 0.3 is 0 Å². The van der Waals surface area contributed by atoms with Crippen LogP contribution in [0.5, 0.6) is 0 Å². The topological polar surface area (TPSA) is 49.3 Å². The zero-order valence-corrected chi connectivity index (χ0v) is 6.39. The second kappa shape index (κ2) is 2.66. The summed E-state index contributed by atoms with van der Waals surface area (Å²) in [5.74, 6) is -0.117. The summed E-state index contributed by atoms with van der Waals surface area (Å²) < 4.78 is 0. The minimum atomic E-state index is -0.633. The number of hydrogen-bond donors (Lipinski definition) is 2. The standard InChI is InChI=1S/C5H8BrNO2/c6-3-1-2-4(8)7-5(3)9/h3-4,8H,1-2H2,(H,7,9). The van der Waals surface area contributed by atoms with Crippen molar-refractivity contribution in [2.24, 2.45) is 0 Å². The van der Waals surface area contributed by atoms with Gasteiger partial charge < -0.3 is 10.4 Å². The molecule has 2 atom stereocenters. The monoisotopic (exact) mass is 193 g/mol. The molecule has 0 saturated carbocycles. The van der Waals surface area contributed by atoms with Crippen LogP contribution < -0.4 is 5.32 Å². The lowest BCUT2D eigenvalue weighted by Gasteiger charge is -2.21. The Labute approximate surface area is 61.6 Å². The van der Waals surface area contributed by atoms with Crippen molar-refractivity contribution in [3.63, 3.8) is 0 Å². The van der Waals surface area contributed by atoms with Crippen molar-refractivity contribution >= 4 is 21.8 Å². The highest BCUT2D eigenvalue weighted by molar-refractivity contribution is 9.10. The number of amides is 1.